The smallest absolute Gasteiger partial charge is 0.238 e. The predicted octanol–water partition coefficient (Wildman–Crippen LogP) is 3.80. The van der Waals surface area contributed by atoms with Gasteiger partial charge in [-0.15, -0.1) is 11.6 Å². The molecule has 0 unspecified atom stereocenters. The van der Waals surface area contributed by atoms with Crippen LogP contribution >= 0.6 is 11.6 Å². The van der Waals surface area contributed by atoms with E-state index in [1.807, 2.05) is 24.3 Å². The number of alkyl halides is 1. The van der Waals surface area contributed by atoms with Gasteiger partial charge in [0, 0.05) is 6.20 Å². The predicted molar refractivity (Wildman–Crippen MR) is 73.9 cm³/mol. The van der Waals surface area contributed by atoms with Crippen molar-refractivity contribution in [1.29, 1.82) is 0 Å². The Morgan fingerprint density at radius 2 is 1.84 bits per heavy atom. The Kier molecular flexibility index (Phi) is 4.98. The lowest BCUT2D eigenvalue weighted by Gasteiger charge is -2.07. The van der Waals surface area contributed by atoms with E-state index < -0.39 is 0 Å². The molecule has 0 spiro atoms. The first-order chi connectivity index (χ1) is 9.31. The Bertz CT molecular complexity index is 517. The van der Waals surface area contributed by atoms with Crippen LogP contribution in [0.15, 0.2) is 36.7 Å². The van der Waals surface area contributed by atoms with Crippen molar-refractivity contribution in [2.45, 2.75) is 19.2 Å². The average Bonchev–Trinajstić information content (AvgIpc) is 2.47. The molecular formula is C14H15ClN2O2. The number of ether oxygens (including phenoxy) is 2. The second kappa shape index (κ2) is 6.95. The van der Waals surface area contributed by atoms with Gasteiger partial charge in [0.1, 0.15) is 11.5 Å². The first-order valence-corrected chi connectivity index (χ1v) is 6.63. The highest BCUT2D eigenvalue weighted by molar-refractivity contribution is 6.16. The van der Waals surface area contributed by atoms with E-state index in [1.165, 1.54) is 0 Å². The standard InChI is InChI=1S/C14H15ClN2O2/c1-2-7-18-12-3-5-13(6-4-12)19-14-10-16-9-11(8-15)17-14/h3-6,9-10H,2,7-8H2,1H3. The number of benzene rings is 1. The maximum absolute atomic E-state index is 5.70. The molecule has 0 amide bonds. The Balaban J connectivity index is 2.02. The van der Waals surface area contributed by atoms with Crippen LogP contribution in [0.4, 0.5) is 0 Å². The molecule has 0 aliphatic carbocycles. The van der Waals surface area contributed by atoms with Crippen LogP contribution in [-0.2, 0) is 5.88 Å². The molecule has 5 heteroatoms. The molecule has 2 rings (SSSR count). The second-order valence-electron chi connectivity index (χ2n) is 3.90. The molecule has 0 bridgehead atoms. The molecule has 1 aromatic heterocycles. The molecule has 100 valence electrons. The monoisotopic (exact) mass is 278 g/mol. The van der Waals surface area contributed by atoms with Gasteiger partial charge in [-0.05, 0) is 30.7 Å². The molecule has 0 aliphatic heterocycles. The van der Waals surface area contributed by atoms with Gasteiger partial charge in [0.05, 0.1) is 24.4 Å². The summed E-state index contributed by atoms with van der Waals surface area (Å²) >= 11 is 5.70. The quantitative estimate of drug-likeness (QED) is 0.754. The fraction of sp³-hybridized carbons (Fsp3) is 0.286. The van der Waals surface area contributed by atoms with Gasteiger partial charge in [-0.1, -0.05) is 6.92 Å². The topological polar surface area (TPSA) is 44.2 Å². The number of aromatic nitrogens is 2. The number of hydrogen-bond acceptors (Lipinski definition) is 4. The lowest BCUT2D eigenvalue weighted by molar-refractivity contribution is 0.317. The van der Waals surface area contributed by atoms with E-state index in [9.17, 15) is 0 Å². The number of rotatable bonds is 6. The minimum Gasteiger partial charge on any atom is -0.494 e. The summed E-state index contributed by atoms with van der Waals surface area (Å²) in [5, 5.41) is 0. The summed E-state index contributed by atoms with van der Waals surface area (Å²) in [6.45, 7) is 2.78. The molecule has 1 heterocycles. The summed E-state index contributed by atoms with van der Waals surface area (Å²) in [5.41, 5.74) is 0.682. The van der Waals surface area contributed by atoms with Crippen molar-refractivity contribution >= 4 is 11.6 Å². The molecule has 19 heavy (non-hydrogen) atoms. The van der Waals surface area contributed by atoms with E-state index >= 15 is 0 Å². The third-order valence-corrected chi connectivity index (χ3v) is 2.59. The van der Waals surface area contributed by atoms with Crippen LogP contribution in [0.25, 0.3) is 0 Å². The largest absolute Gasteiger partial charge is 0.494 e. The molecule has 0 aliphatic rings. The fourth-order valence-corrected chi connectivity index (χ4v) is 1.57. The van der Waals surface area contributed by atoms with Crippen molar-refractivity contribution in [1.82, 2.24) is 9.97 Å². The molecule has 0 saturated carbocycles. The van der Waals surface area contributed by atoms with Gasteiger partial charge in [0.15, 0.2) is 0 Å². The zero-order valence-corrected chi connectivity index (χ0v) is 11.4. The fourth-order valence-electron chi connectivity index (χ4n) is 1.44. The van der Waals surface area contributed by atoms with Gasteiger partial charge in [-0.2, -0.15) is 0 Å². The lowest BCUT2D eigenvalue weighted by Crippen LogP contribution is -1.95. The highest BCUT2D eigenvalue weighted by Gasteiger charge is 2.01. The van der Waals surface area contributed by atoms with Crippen molar-refractivity contribution < 1.29 is 9.47 Å². The first kappa shape index (κ1) is 13.6. The highest BCUT2D eigenvalue weighted by atomic mass is 35.5. The zero-order chi connectivity index (χ0) is 13.5. The Labute approximate surface area is 117 Å². The van der Waals surface area contributed by atoms with Crippen LogP contribution in [-0.4, -0.2) is 16.6 Å². The van der Waals surface area contributed by atoms with E-state index in [0.717, 1.165) is 12.2 Å². The highest BCUT2D eigenvalue weighted by Crippen LogP contribution is 2.22. The third-order valence-electron chi connectivity index (χ3n) is 2.32. The van der Waals surface area contributed by atoms with Crippen LogP contribution < -0.4 is 9.47 Å². The van der Waals surface area contributed by atoms with Gasteiger partial charge < -0.3 is 9.47 Å². The zero-order valence-electron chi connectivity index (χ0n) is 10.7. The summed E-state index contributed by atoms with van der Waals surface area (Å²) in [4.78, 5) is 8.22. The summed E-state index contributed by atoms with van der Waals surface area (Å²) in [7, 11) is 0. The van der Waals surface area contributed by atoms with E-state index in [0.29, 0.717) is 29.8 Å². The van der Waals surface area contributed by atoms with E-state index in [-0.39, 0.29) is 0 Å². The van der Waals surface area contributed by atoms with Gasteiger partial charge >= 0.3 is 0 Å². The van der Waals surface area contributed by atoms with E-state index in [2.05, 4.69) is 16.9 Å². The van der Waals surface area contributed by atoms with Gasteiger partial charge in [-0.25, -0.2) is 4.98 Å². The third kappa shape index (κ3) is 4.10. The van der Waals surface area contributed by atoms with Crippen LogP contribution in [0, 0.1) is 0 Å². The molecule has 0 radical (unpaired) electrons. The molecule has 1 aromatic carbocycles. The first-order valence-electron chi connectivity index (χ1n) is 6.09. The normalized spacial score (nSPS) is 10.2. The minimum absolute atomic E-state index is 0.313. The SMILES string of the molecule is CCCOc1ccc(Oc2cncc(CCl)n2)cc1. The molecule has 2 aromatic rings. The average molecular weight is 279 g/mol. The van der Waals surface area contributed by atoms with Crippen molar-refractivity contribution in [2.24, 2.45) is 0 Å². The van der Waals surface area contributed by atoms with E-state index in [4.69, 9.17) is 21.1 Å². The van der Waals surface area contributed by atoms with Crippen LogP contribution in [0.1, 0.15) is 19.0 Å². The van der Waals surface area contributed by atoms with Crippen molar-refractivity contribution in [3.63, 3.8) is 0 Å². The maximum Gasteiger partial charge on any atom is 0.238 e. The Morgan fingerprint density at radius 3 is 2.53 bits per heavy atom. The summed E-state index contributed by atoms with van der Waals surface area (Å²) < 4.78 is 11.1. The number of nitrogens with zero attached hydrogens (tertiary/aromatic N) is 2. The van der Waals surface area contributed by atoms with Gasteiger partial charge in [0.2, 0.25) is 5.88 Å². The Hall–Kier alpha value is -1.81. The van der Waals surface area contributed by atoms with Crippen LogP contribution in [0.3, 0.4) is 0 Å². The summed E-state index contributed by atoms with van der Waals surface area (Å²) in [6.07, 6.45) is 4.15. The van der Waals surface area contributed by atoms with Crippen molar-refractivity contribution in [3.8, 4) is 17.4 Å². The number of halogens is 1. The summed E-state index contributed by atoms with van der Waals surface area (Å²) in [5.74, 6) is 2.26. The van der Waals surface area contributed by atoms with E-state index in [1.54, 1.807) is 12.4 Å². The van der Waals surface area contributed by atoms with Gasteiger partial charge in [-0.3, -0.25) is 4.98 Å². The molecule has 0 atom stereocenters. The van der Waals surface area contributed by atoms with Crippen molar-refractivity contribution in [2.75, 3.05) is 6.61 Å². The molecular weight excluding hydrogens is 264 g/mol. The second-order valence-corrected chi connectivity index (χ2v) is 4.17. The molecule has 0 N–H and O–H groups in total. The number of hydrogen-bond donors (Lipinski definition) is 0. The van der Waals surface area contributed by atoms with Crippen LogP contribution in [0.2, 0.25) is 0 Å². The van der Waals surface area contributed by atoms with Crippen LogP contribution in [0.5, 0.6) is 17.4 Å². The molecule has 0 saturated heterocycles. The Morgan fingerprint density at radius 1 is 1.11 bits per heavy atom. The molecule has 4 nitrogen and oxygen atoms in total. The maximum atomic E-state index is 5.70. The molecule has 0 fully saturated rings. The minimum atomic E-state index is 0.313. The van der Waals surface area contributed by atoms with Gasteiger partial charge in [0.25, 0.3) is 0 Å². The van der Waals surface area contributed by atoms with Crippen molar-refractivity contribution in [3.05, 3.63) is 42.4 Å². The lowest BCUT2D eigenvalue weighted by atomic mass is 10.3. The summed E-state index contributed by atoms with van der Waals surface area (Å²) in [6, 6.07) is 7.40.